The Morgan fingerprint density at radius 1 is 1.22 bits per heavy atom. The Labute approximate surface area is 168 Å². The molecule has 6 nitrogen and oxygen atoms in total. The molecule has 1 aromatic carbocycles. The number of hydrogen-bond acceptors (Lipinski definition) is 7. The molecule has 0 saturated carbocycles. The third-order valence-corrected chi connectivity index (χ3v) is 6.51. The molecular formula is C18H15ClN4O2S2. The number of halogens is 1. The van der Waals surface area contributed by atoms with Crippen LogP contribution in [0.2, 0.25) is 5.02 Å². The summed E-state index contributed by atoms with van der Waals surface area (Å²) in [7, 11) is 0. The third-order valence-electron chi connectivity index (χ3n) is 4.22. The van der Waals surface area contributed by atoms with Gasteiger partial charge in [-0.1, -0.05) is 23.4 Å². The van der Waals surface area contributed by atoms with Crippen molar-refractivity contribution in [2.45, 2.75) is 31.2 Å². The number of aromatic amines is 1. The molecule has 4 aromatic rings. The summed E-state index contributed by atoms with van der Waals surface area (Å²) in [5.74, 6) is 1.01. The van der Waals surface area contributed by atoms with E-state index in [4.69, 9.17) is 16.0 Å². The van der Waals surface area contributed by atoms with E-state index in [2.05, 4.69) is 20.2 Å². The largest absolute Gasteiger partial charge is 0.411 e. The van der Waals surface area contributed by atoms with Gasteiger partial charge < -0.3 is 9.40 Å². The van der Waals surface area contributed by atoms with Crippen LogP contribution in [-0.2, 0) is 0 Å². The van der Waals surface area contributed by atoms with Crippen LogP contribution < -0.4 is 5.56 Å². The van der Waals surface area contributed by atoms with Gasteiger partial charge >= 0.3 is 0 Å². The van der Waals surface area contributed by atoms with Crippen molar-refractivity contribution in [3.63, 3.8) is 0 Å². The normalized spacial score (nSPS) is 12.6. The van der Waals surface area contributed by atoms with E-state index in [9.17, 15) is 4.79 Å². The van der Waals surface area contributed by atoms with Crippen molar-refractivity contribution in [1.29, 1.82) is 0 Å². The molecule has 3 heterocycles. The predicted molar refractivity (Wildman–Crippen MR) is 109 cm³/mol. The summed E-state index contributed by atoms with van der Waals surface area (Å²) in [4.78, 5) is 21.8. The number of rotatable bonds is 4. The lowest BCUT2D eigenvalue weighted by Crippen LogP contribution is -2.12. The van der Waals surface area contributed by atoms with E-state index < -0.39 is 0 Å². The minimum atomic E-state index is -0.150. The summed E-state index contributed by atoms with van der Waals surface area (Å²) in [5, 5.41) is 9.73. The maximum atomic E-state index is 12.4. The zero-order valence-corrected chi connectivity index (χ0v) is 17.1. The SMILES string of the molecule is Cc1sc2nc(C(C)Sc3nnc(-c4ccc(Cl)cc4)o3)[nH]c(=O)c2c1C. The Kier molecular flexibility index (Phi) is 4.79. The van der Waals surface area contributed by atoms with Gasteiger partial charge in [0.05, 0.1) is 10.6 Å². The number of hydrogen-bond donors (Lipinski definition) is 1. The number of H-pyrrole nitrogens is 1. The number of thiophene rings is 1. The van der Waals surface area contributed by atoms with Crippen LogP contribution in [0.25, 0.3) is 21.7 Å². The van der Waals surface area contributed by atoms with Crippen molar-refractivity contribution in [2.75, 3.05) is 0 Å². The molecule has 1 N–H and O–H groups in total. The molecule has 0 amide bonds. The van der Waals surface area contributed by atoms with Crippen LogP contribution in [0.1, 0.15) is 28.4 Å². The number of aromatic nitrogens is 4. The van der Waals surface area contributed by atoms with E-state index >= 15 is 0 Å². The smallest absolute Gasteiger partial charge is 0.277 e. The second-order valence-corrected chi connectivity index (χ2v) is 8.99. The number of thioether (sulfide) groups is 1. The van der Waals surface area contributed by atoms with Crippen molar-refractivity contribution in [1.82, 2.24) is 20.2 Å². The fraction of sp³-hybridized carbons (Fsp3) is 0.222. The van der Waals surface area contributed by atoms with Crippen LogP contribution in [0, 0.1) is 13.8 Å². The van der Waals surface area contributed by atoms with Gasteiger partial charge in [-0.15, -0.1) is 21.5 Å². The number of aryl methyl sites for hydroxylation is 2. The molecule has 0 fully saturated rings. The Hall–Kier alpha value is -2.16. The van der Waals surface area contributed by atoms with Crippen LogP contribution >= 0.6 is 34.7 Å². The molecule has 0 bridgehead atoms. The molecular weight excluding hydrogens is 404 g/mol. The van der Waals surface area contributed by atoms with E-state index in [0.717, 1.165) is 20.8 Å². The molecule has 9 heteroatoms. The van der Waals surface area contributed by atoms with Gasteiger partial charge in [0, 0.05) is 15.5 Å². The maximum Gasteiger partial charge on any atom is 0.277 e. The van der Waals surface area contributed by atoms with Gasteiger partial charge in [0.25, 0.3) is 10.8 Å². The minimum absolute atomic E-state index is 0.114. The molecule has 0 aliphatic heterocycles. The highest BCUT2D eigenvalue weighted by atomic mass is 35.5. The standard InChI is InChI=1S/C18H15ClN4O2S2/c1-8-9(2)26-17-13(8)15(24)20-14(21-17)10(3)27-18-23-22-16(25-18)11-4-6-12(19)7-5-11/h4-7,10H,1-3H3,(H,20,21,24). The van der Waals surface area contributed by atoms with Gasteiger partial charge in [0.2, 0.25) is 5.89 Å². The van der Waals surface area contributed by atoms with Crippen molar-refractivity contribution < 1.29 is 4.42 Å². The van der Waals surface area contributed by atoms with E-state index in [1.807, 2.05) is 32.9 Å². The van der Waals surface area contributed by atoms with Crippen molar-refractivity contribution >= 4 is 44.9 Å². The fourth-order valence-electron chi connectivity index (χ4n) is 2.64. The molecule has 138 valence electrons. The van der Waals surface area contributed by atoms with Gasteiger partial charge in [0.1, 0.15) is 10.7 Å². The summed E-state index contributed by atoms with van der Waals surface area (Å²) < 4.78 is 5.72. The van der Waals surface area contributed by atoms with Crippen LogP contribution in [-0.4, -0.2) is 20.2 Å². The van der Waals surface area contributed by atoms with Crippen molar-refractivity contribution in [3.05, 3.63) is 55.9 Å². The quantitative estimate of drug-likeness (QED) is 0.461. The topological polar surface area (TPSA) is 84.7 Å². The first kappa shape index (κ1) is 18.2. The highest BCUT2D eigenvalue weighted by Gasteiger charge is 2.19. The Morgan fingerprint density at radius 3 is 2.70 bits per heavy atom. The molecule has 1 atom stereocenters. The summed E-state index contributed by atoms with van der Waals surface area (Å²) in [6.45, 7) is 5.88. The molecule has 0 aliphatic carbocycles. The summed E-state index contributed by atoms with van der Waals surface area (Å²) in [6, 6.07) is 7.18. The summed E-state index contributed by atoms with van der Waals surface area (Å²) in [5.41, 5.74) is 1.67. The van der Waals surface area contributed by atoms with Gasteiger partial charge in [0.15, 0.2) is 0 Å². The lowest BCUT2D eigenvalue weighted by Gasteiger charge is -2.07. The molecule has 0 saturated heterocycles. The van der Waals surface area contributed by atoms with Crippen LogP contribution in [0.5, 0.6) is 0 Å². The minimum Gasteiger partial charge on any atom is -0.411 e. The first-order chi connectivity index (χ1) is 12.9. The predicted octanol–water partition coefficient (Wildman–Crippen LogP) is 5.16. The molecule has 0 aliphatic rings. The molecule has 0 spiro atoms. The molecule has 1 unspecified atom stereocenters. The molecule has 4 rings (SSSR count). The first-order valence-electron chi connectivity index (χ1n) is 8.18. The monoisotopic (exact) mass is 418 g/mol. The molecule has 27 heavy (non-hydrogen) atoms. The second kappa shape index (κ2) is 7.10. The van der Waals surface area contributed by atoms with Crippen molar-refractivity contribution in [3.8, 4) is 11.5 Å². The van der Waals surface area contributed by atoms with Gasteiger partial charge in [-0.25, -0.2) is 4.98 Å². The Balaban J connectivity index is 1.59. The lowest BCUT2D eigenvalue weighted by molar-refractivity contribution is 0.465. The van der Waals surface area contributed by atoms with Crippen molar-refractivity contribution in [2.24, 2.45) is 0 Å². The second-order valence-electron chi connectivity index (χ2n) is 6.05. The number of fused-ring (bicyclic) bond motifs is 1. The average molecular weight is 419 g/mol. The first-order valence-corrected chi connectivity index (χ1v) is 10.3. The lowest BCUT2D eigenvalue weighted by atomic mass is 10.2. The highest BCUT2D eigenvalue weighted by Crippen LogP contribution is 2.35. The van der Waals surface area contributed by atoms with E-state index in [1.54, 1.807) is 12.1 Å². The summed E-state index contributed by atoms with van der Waals surface area (Å²) >= 11 is 8.78. The molecule has 0 radical (unpaired) electrons. The van der Waals surface area contributed by atoms with Gasteiger partial charge in [-0.2, -0.15) is 0 Å². The van der Waals surface area contributed by atoms with Crippen LogP contribution in [0.15, 0.2) is 38.7 Å². The third kappa shape index (κ3) is 3.52. The Morgan fingerprint density at radius 2 is 1.96 bits per heavy atom. The van der Waals surface area contributed by atoms with Crippen LogP contribution in [0.3, 0.4) is 0 Å². The molecule has 3 aromatic heterocycles. The van der Waals surface area contributed by atoms with E-state index in [0.29, 0.717) is 27.3 Å². The fourth-order valence-corrected chi connectivity index (χ4v) is 4.54. The van der Waals surface area contributed by atoms with Gasteiger partial charge in [-0.3, -0.25) is 4.79 Å². The van der Waals surface area contributed by atoms with E-state index in [-0.39, 0.29) is 10.8 Å². The zero-order valence-electron chi connectivity index (χ0n) is 14.7. The number of benzene rings is 1. The maximum absolute atomic E-state index is 12.4. The average Bonchev–Trinajstić information content (AvgIpc) is 3.20. The number of nitrogens with one attached hydrogen (secondary N) is 1. The van der Waals surface area contributed by atoms with E-state index in [1.165, 1.54) is 23.1 Å². The van der Waals surface area contributed by atoms with Gasteiger partial charge in [-0.05, 0) is 50.6 Å². The zero-order chi connectivity index (χ0) is 19.1. The highest BCUT2D eigenvalue weighted by molar-refractivity contribution is 7.99. The van der Waals surface area contributed by atoms with Crippen LogP contribution in [0.4, 0.5) is 0 Å². The number of nitrogens with zero attached hydrogens (tertiary/aromatic N) is 3. The Bertz CT molecular complexity index is 1180. The summed E-state index contributed by atoms with van der Waals surface area (Å²) in [6.07, 6.45) is 0.